The second kappa shape index (κ2) is 6.56. The van der Waals surface area contributed by atoms with Crippen molar-refractivity contribution in [3.63, 3.8) is 0 Å². The van der Waals surface area contributed by atoms with E-state index in [0.717, 1.165) is 5.56 Å². The van der Waals surface area contributed by atoms with E-state index in [1.54, 1.807) is 18.5 Å². The maximum Gasteiger partial charge on any atom is 0.335 e. The molecule has 5 heteroatoms. The van der Waals surface area contributed by atoms with Gasteiger partial charge in [-0.3, -0.25) is 4.98 Å². The number of rotatable bonds is 6. The minimum atomic E-state index is -0.994. The molecule has 0 saturated heterocycles. The molecule has 0 radical (unpaired) electrons. The molecule has 2 rings (SSSR count). The predicted molar refractivity (Wildman–Crippen MR) is 73.4 cm³/mol. The molecule has 1 aromatic heterocycles. The monoisotopic (exact) mass is 273 g/mol. The number of aromatic carboxylic acids is 1. The summed E-state index contributed by atoms with van der Waals surface area (Å²) in [6.45, 7) is 0.434. The SMILES string of the molecule is COc1ccc(C(=O)O)cc1OCCc1ccncc1. The standard InChI is InChI=1S/C15H15NO4/c1-19-13-3-2-12(15(17)18)10-14(13)20-9-6-11-4-7-16-8-5-11/h2-5,7-8,10H,6,9H2,1H3,(H,17,18). The summed E-state index contributed by atoms with van der Waals surface area (Å²) in [5.74, 6) is -0.0437. The Kier molecular flexibility index (Phi) is 4.55. The van der Waals surface area contributed by atoms with Crippen LogP contribution in [0.5, 0.6) is 11.5 Å². The van der Waals surface area contributed by atoms with Crippen LogP contribution >= 0.6 is 0 Å². The van der Waals surface area contributed by atoms with Crippen LogP contribution in [0.2, 0.25) is 0 Å². The molecule has 0 spiro atoms. The number of hydrogen-bond donors (Lipinski definition) is 1. The Labute approximate surface area is 116 Å². The summed E-state index contributed by atoms with van der Waals surface area (Å²) in [4.78, 5) is 14.9. The highest BCUT2D eigenvalue weighted by atomic mass is 16.5. The Bertz CT molecular complexity index is 584. The Hall–Kier alpha value is -2.56. The molecule has 0 aliphatic carbocycles. The zero-order chi connectivity index (χ0) is 14.4. The largest absolute Gasteiger partial charge is 0.493 e. The fourth-order valence-corrected chi connectivity index (χ4v) is 1.75. The van der Waals surface area contributed by atoms with Crippen molar-refractivity contribution in [1.29, 1.82) is 0 Å². The number of benzene rings is 1. The predicted octanol–water partition coefficient (Wildman–Crippen LogP) is 2.41. The average Bonchev–Trinajstić information content (AvgIpc) is 2.48. The minimum Gasteiger partial charge on any atom is -0.493 e. The van der Waals surface area contributed by atoms with Crippen molar-refractivity contribution in [2.75, 3.05) is 13.7 Å². The second-order valence-electron chi connectivity index (χ2n) is 4.12. The van der Waals surface area contributed by atoms with Gasteiger partial charge in [0.1, 0.15) is 0 Å². The van der Waals surface area contributed by atoms with E-state index in [9.17, 15) is 4.79 Å². The number of aromatic nitrogens is 1. The Balaban J connectivity index is 2.04. The van der Waals surface area contributed by atoms with Crippen molar-refractivity contribution < 1.29 is 19.4 Å². The Morgan fingerprint density at radius 1 is 1.20 bits per heavy atom. The Morgan fingerprint density at radius 2 is 1.95 bits per heavy atom. The van der Waals surface area contributed by atoms with Crippen LogP contribution in [0, 0.1) is 0 Å². The molecule has 0 atom stereocenters. The third kappa shape index (κ3) is 3.47. The third-order valence-electron chi connectivity index (χ3n) is 2.81. The maximum absolute atomic E-state index is 10.9. The fourth-order valence-electron chi connectivity index (χ4n) is 1.75. The summed E-state index contributed by atoms with van der Waals surface area (Å²) < 4.78 is 10.8. The third-order valence-corrected chi connectivity index (χ3v) is 2.81. The number of nitrogens with zero attached hydrogens (tertiary/aromatic N) is 1. The Morgan fingerprint density at radius 3 is 2.60 bits per heavy atom. The van der Waals surface area contributed by atoms with Gasteiger partial charge in [0.05, 0.1) is 19.3 Å². The van der Waals surface area contributed by atoms with Gasteiger partial charge in [-0.2, -0.15) is 0 Å². The van der Waals surface area contributed by atoms with Crippen LogP contribution in [0.4, 0.5) is 0 Å². The molecule has 104 valence electrons. The van der Waals surface area contributed by atoms with Gasteiger partial charge in [-0.15, -0.1) is 0 Å². The molecule has 1 aromatic carbocycles. The first-order chi connectivity index (χ1) is 9.70. The van der Waals surface area contributed by atoms with Gasteiger partial charge in [0.15, 0.2) is 11.5 Å². The maximum atomic E-state index is 10.9. The van der Waals surface area contributed by atoms with Crippen molar-refractivity contribution in [2.24, 2.45) is 0 Å². The number of carboxylic acid groups (broad SMARTS) is 1. The quantitative estimate of drug-likeness (QED) is 0.875. The molecule has 0 amide bonds. The number of carboxylic acids is 1. The van der Waals surface area contributed by atoms with E-state index in [2.05, 4.69) is 4.98 Å². The van der Waals surface area contributed by atoms with E-state index in [1.165, 1.54) is 19.2 Å². The first-order valence-electron chi connectivity index (χ1n) is 6.13. The number of hydrogen-bond acceptors (Lipinski definition) is 4. The van der Waals surface area contributed by atoms with E-state index in [0.29, 0.717) is 24.5 Å². The van der Waals surface area contributed by atoms with Crippen LogP contribution < -0.4 is 9.47 Å². The van der Waals surface area contributed by atoms with E-state index in [-0.39, 0.29) is 5.56 Å². The summed E-state index contributed by atoms with van der Waals surface area (Å²) >= 11 is 0. The lowest BCUT2D eigenvalue weighted by atomic mass is 10.2. The molecule has 1 heterocycles. The second-order valence-corrected chi connectivity index (χ2v) is 4.12. The molecule has 2 aromatic rings. The van der Waals surface area contributed by atoms with Crippen LogP contribution in [0.1, 0.15) is 15.9 Å². The lowest BCUT2D eigenvalue weighted by Crippen LogP contribution is -2.04. The molecule has 0 bridgehead atoms. The topological polar surface area (TPSA) is 68.7 Å². The highest BCUT2D eigenvalue weighted by molar-refractivity contribution is 5.88. The van der Waals surface area contributed by atoms with Gasteiger partial charge in [0, 0.05) is 18.8 Å². The highest BCUT2D eigenvalue weighted by Gasteiger charge is 2.10. The van der Waals surface area contributed by atoms with E-state index >= 15 is 0 Å². The first kappa shape index (κ1) is 13.9. The van der Waals surface area contributed by atoms with Crippen LogP contribution in [0.15, 0.2) is 42.7 Å². The van der Waals surface area contributed by atoms with Crippen LogP contribution in [-0.2, 0) is 6.42 Å². The minimum absolute atomic E-state index is 0.171. The number of pyridine rings is 1. The summed E-state index contributed by atoms with van der Waals surface area (Å²) in [6.07, 6.45) is 4.16. The number of methoxy groups -OCH3 is 1. The summed E-state index contributed by atoms with van der Waals surface area (Å²) in [5, 5.41) is 8.97. The number of ether oxygens (including phenoxy) is 2. The van der Waals surface area contributed by atoms with Crippen molar-refractivity contribution in [3.05, 3.63) is 53.9 Å². The van der Waals surface area contributed by atoms with Crippen LogP contribution in [0.25, 0.3) is 0 Å². The molecule has 20 heavy (non-hydrogen) atoms. The van der Waals surface area contributed by atoms with Gasteiger partial charge in [-0.25, -0.2) is 4.79 Å². The molecular formula is C15H15NO4. The smallest absolute Gasteiger partial charge is 0.335 e. The molecule has 0 fully saturated rings. The van der Waals surface area contributed by atoms with Gasteiger partial charge in [-0.1, -0.05) is 0 Å². The molecule has 0 unspecified atom stereocenters. The lowest BCUT2D eigenvalue weighted by Gasteiger charge is -2.11. The van der Waals surface area contributed by atoms with Gasteiger partial charge < -0.3 is 14.6 Å². The molecule has 0 aliphatic rings. The first-order valence-corrected chi connectivity index (χ1v) is 6.13. The van der Waals surface area contributed by atoms with Gasteiger partial charge in [0.2, 0.25) is 0 Å². The van der Waals surface area contributed by atoms with Gasteiger partial charge in [0.25, 0.3) is 0 Å². The van der Waals surface area contributed by atoms with Gasteiger partial charge >= 0.3 is 5.97 Å². The van der Waals surface area contributed by atoms with Crippen LogP contribution in [0.3, 0.4) is 0 Å². The zero-order valence-electron chi connectivity index (χ0n) is 11.1. The number of carbonyl (C=O) groups is 1. The molecule has 1 N–H and O–H groups in total. The summed E-state index contributed by atoms with van der Waals surface area (Å²) in [7, 11) is 1.52. The van der Waals surface area contributed by atoms with Crippen molar-refractivity contribution in [2.45, 2.75) is 6.42 Å². The zero-order valence-corrected chi connectivity index (χ0v) is 11.1. The summed E-state index contributed by atoms with van der Waals surface area (Å²) in [6, 6.07) is 8.36. The lowest BCUT2D eigenvalue weighted by molar-refractivity contribution is 0.0696. The van der Waals surface area contributed by atoms with Crippen LogP contribution in [-0.4, -0.2) is 29.8 Å². The molecule has 0 aliphatic heterocycles. The fraction of sp³-hybridized carbons (Fsp3) is 0.200. The van der Waals surface area contributed by atoms with Crippen molar-refractivity contribution in [1.82, 2.24) is 4.98 Å². The van der Waals surface area contributed by atoms with E-state index < -0.39 is 5.97 Å². The van der Waals surface area contributed by atoms with E-state index in [1.807, 2.05) is 12.1 Å². The van der Waals surface area contributed by atoms with Crippen molar-refractivity contribution in [3.8, 4) is 11.5 Å². The average molecular weight is 273 g/mol. The normalized spacial score (nSPS) is 10.1. The molecular weight excluding hydrogens is 258 g/mol. The molecule has 0 saturated carbocycles. The molecule has 5 nitrogen and oxygen atoms in total. The van der Waals surface area contributed by atoms with Crippen molar-refractivity contribution >= 4 is 5.97 Å². The summed E-state index contributed by atoms with van der Waals surface area (Å²) in [5.41, 5.74) is 1.28. The highest BCUT2D eigenvalue weighted by Crippen LogP contribution is 2.28. The van der Waals surface area contributed by atoms with E-state index in [4.69, 9.17) is 14.6 Å². The van der Waals surface area contributed by atoms with Gasteiger partial charge in [-0.05, 0) is 35.9 Å².